The molecule has 2 aliphatic rings. The first-order valence-electron chi connectivity index (χ1n) is 14.0. The highest BCUT2D eigenvalue weighted by Crippen LogP contribution is 2.42. The van der Waals surface area contributed by atoms with Crippen LogP contribution in [0.4, 0.5) is 4.39 Å². The molecule has 2 aliphatic heterocycles. The molecule has 0 unspecified atom stereocenters. The summed E-state index contributed by atoms with van der Waals surface area (Å²) in [6.45, 7) is 17.5. The minimum absolute atomic E-state index is 0.165. The van der Waals surface area contributed by atoms with Crippen molar-refractivity contribution in [1.29, 1.82) is 0 Å². The van der Waals surface area contributed by atoms with Gasteiger partial charge in [-0.05, 0) is 88.9 Å². The summed E-state index contributed by atoms with van der Waals surface area (Å²) in [4.78, 5) is 17.6. The lowest BCUT2D eigenvalue weighted by atomic mass is 9.89. The fraction of sp³-hybridized carbons (Fsp3) is 0.516. The highest BCUT2D eigenvalue weighted by atomic mass is 79.9. The SMILES string of the molecule is Cc1cc(C)c(CC(=O)N2CCN(C(C)(C)c3cn([C@H]4CC(C)(C)Oc5ccc(F)cc54)nn3)CC2)c(C)c1Br. The van der Waals surface area contributed by atoms with Crippen LogP contribution in [0.1, 0.15) is 73.7 Å². The van der Waals surface area contributed by atoms with Crippen LogP contribution in [0.3, 0.4) is 0 Å². The van der Waals surface area contributed by atoms with Gasteiger partial charge in [0.05, 0.1) is 24.2 Å². The maximum Gasteiger partial charge on any atom is 0.227 e. The Morgan fingerprint density at radius 3 is 2.52 bits per heavy atom. The quantitative estimate of drug-likeness (QED) is 0.361. The van der Waals surface area contributed by atoms with Crippen molar-refractivity contribution in [3.05, 3.63) is 74.3 Å². The van der Waals surface area contributed by atoms with Crippen LogP contribution in [0.2, 0.25) is 0 Å². The highest BCUT2D eigenvalue weighted by Gasteiger charge is 2.38. The smallest absolute Gasteiger partial charge is 0.227 e. The number of aryl methyl sites for hydroxylation is 2. The molecule has 0 N–H and O–H groups in total. The van der Waals surface area contributed by atoms with Gasteiger partial charge in [0.2, 0.25) is 5.91 Å². The molecule has 1 fully saturated rings. The third-order valence-corrected chi connectivity index (χ3v) is 9.87. The number of halogens is 2. The van der Waals surface area contributed by atoms with Gasteiger partial charge < -0.3 is 9.64 Å². The molecule has 214 valence electrons. The third-order valence-electron chi connectivity index (χ3n) is 8.65. The van der Waals surface area contributed by atoms with E-state index in [2.05, 4.69) is 71.8 Å². The molecule has 1 atom stereocenters. The molecule has 2 aromatic carbocycles. The lowest BCUT2D eigenvalue weighted by molar-refractivity contribution is -0.133. The summed E-state index contributed by atoms with van der Waals surface area (Å²) in [7, 11) is 0. The van der Waals surface area contributed by atoms with E-state index in [1.807, 2.05) is 29.6 Å². The molecular formula is C31H39BrFN5O2. The number of fused-ring (bicyclic) bond motifs is 1. The van der Waals surface area contributed by atoms with Gasteiger partial charge in [-0.15, -0.1) is 5.10 Å². The topological polar surface area (TPSA) is 63.5 Å². The van der Waals surface area contributed by atoms with Crippen LogP contribution in [0.5, 0.6) is 5.75 Å². The predicted octanol–water partition coefficient (Wildman–Crippen LogP) is 5.88. The zero-order valence-corrected chi connectivity index (χ0v) is 26.1. The fourth-order valence-electron chi connectivity index (χ4n) is 6.14. The second-order valence-electron chi connectivity index (χ2n) is 12.4. The summed E-state index contributed by atoms with van der Waals surface area (Å²) in [6.07, 6.45) is 3.06. The van der Waals surface area contributed by atoms with Crippen molar-refractivity contribution in [1.82, 2.24) is 24.8 Å². The van der Waals surface area contributed by atoms with Crippen molar-refractivity contribution in [2.75, 3.05) is 26.2 Å². The largest absolute Gasteiger partial charge is 0.487 e. The Morgan fingerprint density at radius 2 is 1.82 bits per heavy atom. The van der Waals surface area contributed by atoms with Gasteiger partial charge in [-0.25, -0.2) is 9.07 Å². The number of hydrogen-bond acceptors (Lipinski definition) is 5. The molecule has 3 heterocycles. The van der Waals surface area contributed by atoms with Gasteiger partial charge in [0.25, 0.3) is 0 Å². The lowest BCUT2D eigenvalue weighted by Gasteiger charge is -2.43. The molecule has 0 radical (unpaired) electrons. The maximum absolute atomic E-state index is 14.2. The highest BCUT2D eigenvalue weighted by molar-refractivity contribution is 9.10. The van der Waals surface area contributed by atoms with Crippen LogP contribution in [-0.4, -0.2) is 62.5 Å². The van der Waals surface area contributed by atoms with E-state index < -0.39 is 5.60 Å². The Balaban J connectivity index is 1.28. The second-order valence-corrected chi connectivity index (χ2v) is 13.2. The van der Waals surface area contributed by atoms with Crippen molar-refractivity contribution in [2.24, 2.45) is 0 Å². The molecule has 40 heavy (non-hydrogen) atoms. The molecule has 0 spiro atoms. The van der Waals surface area contributed by atoms with E-state index in [0.717, 1.165) is 45.5 Å². The van der Waals surface area contributed by atoms with Crippen molar-refractivity contribution < 1.29 is 13.9 Å². The number of carbonyl (C=O) groups excluding carboxylic acids is 1. The van der Waals surface area contributed by atoms with E-state index >= 15 is 0 Å². The van der Waals surface area contributed by atoms with E-state index in [0.29, 0.717) is 31.7 Å². The number of ether oxygens (including phenoxy) is 1. The minimum Gasteiger partial charge on any atom is -0.487 e. The van der Waals surface area contributed by atoms with E-state index in [1.54, 1.807) is 6.07 Å². The van der Waals surface area contributed by atoms with E-state index in [1.165, 1.54) is 17.7 Å². The molecule has 0 aliphatic carbocycles. The zero-order chi connectivity index (χ0) is 29.0. The lowest BCUT2D eigenvalue weighted by Crippen LogP contribution is -2.54. The zero-order valence-electron chi connectivity index (χ0n) is 24.5. The van der Waals surface area contributed by atoms with Crippen LogP contribution < -0.4 is 4.74 Å². The van der Waals surface area contributed by atoms with Crippen LogP contribution >= 0.6 is 15.9 Å². The molecule has 1 saturated heterocycles. The summed E-state index contributed by atoms with van der Waals surface area (Å²) in [5.74, 6) is 0.557. The van der Waals surface area contributed by atoms with Crippen LogP contribution in [0.15, 0.2) is 34.9 Å². The number of carbonyl (C=O) groups is 1. The van der Waals surface area contributed by atoms with E-state index in [4.69, 9.17) is 4.74 Å². The van der Waals surface area contributed by atoms with Crippen LogP contribution in [0.25, 0.3) is 0 Å². The molecule has 1 aromatic heterocycles. The molecule has 0 saturated carbocycles. The molecule has 7 nitrogen and oxygen atoms in total. The number of benzene rings is 2. The normalized spacial score (nSPS) is 19.3. The number of hydrogen-bond donors (Lipinski definition) is 0. The standard InChI is InChI=1S/C31H39BrFN5O2/c1-19-14-20(2)29(32)21(3)23(19)16-28(39)36-10-12-37(13-11-36)31(6,7)27-18-38(35-34-27)25-17-30(4,5)40-26-9-8-22(33)15-24(25)26/h8-9,14-15,18,25H,10-13,16-17H2,1-7H3/t25-/m0/s1. The number of nitrogens with zero attached hydrogens (tertiary/aromatic N) is 5. The molecule has 1 amide bonds. The second kappa shape index (κ2) is 10.6. The van der Waals surface area contributed by atoms with Crippen molar-refractivity contribution in [3.8, 4) is 5.75 Å². The maximum atomic E-state index is 14.2. The summed E-state index contributed by atoms with van der Waals surface area (Å²) in [5.41, 5.74) is 5.45. The van der Waals surface area contributed by atoms with E-state index in [-0.39, 0.29) is 23.3 Å². The Labute approximate surface area is 244 Å². The summed E-state index contributed by atoms with van der Waals surface area (Å²) in [6, 6.07) is 6.63. The van der Waals surface area contributed by atoms with Gasteiger partial charge >= 0.3 is 0 Å². The van der Waals surface area contributed by atoms with E-state index in [9.17, 15) is 9.18 Å². The first-order valence-corrected chi connectivity index (χ1v) is 14.7. The Hall–Kier alpha value is -2.78. The molecule has 0 bridgehead atoms. The average Bonchev–Trinajstić information content (AvgIpc) is 3.40. The monoisotopic (exact) mass is 611 g/mol. The summed E-state index contributed by atoms with van der Waals surface area (Å²) >= 11 is 3.68. The van der Waals surface area contributed by atoms with Crippen LogP contribution in [-0.2, 0) is 16.8 Å². The number of amides is 1. The van der Waals surface area contributed by atoms with Crippen LogP contribution in [0, 0.1) is 26.6 Å². The first kappa shape index (κ1) is 28.7. The van der Waals surface area contributed by atoms with Gasteiger partial charge in [0, 0.05) is 42.6 Å². The summed E-state index contributed by atoms with van der Waals surface area (Å²) < 4.78 is 23.2. The van der Waals surface area contributed by atoms with Gasteiger partial charge in [-0.2, -0.15) is 0 Å². The molecule has 3 aromatic rings. The number of piperazine rings is 1. The average molecular weight is 613 g/mol. The van der Waals surface area contributed by atoms with Crippen molar-refractivity contribution >= 4 is 21.8 Å². The number of aromatic nitrogens is 3. The predicted molar refractivity (Wildman–Crippen MR) is 157 cm³/mol. The third kappa shape index (κ3) is 5.42. The Bertz CT molecular complexity index is 1440. The van der Waals surface area contributed by atoms with Gasteiger partial charge in [-0.1, -0.05) is 27.2 Å². The Kier molecular flexibility index (Phi) is 7.59. The van der Waals surface area contributed by atoms with Crippen molar-refractivity contribution in [2.45, 2.75) is 78.5 Å². The molecule has 9 heteroatoms. The van der Waals surface area contributed by atoms with Gasteiger partial charge in [0.1, 0.15) is 22.9 Å². The first-order chi connectivity index (χ1) is 18.8. The van der Waals surface area contributed by atoms with Crippen molar-refractivity contribution in [3.63, 3.8) is 0 Å². The molecular weight excluding hydrogens is 573 g/mol. The Morgan fingerprint density at radius 1 is 1.12 bits per heavy atom. The minimum atomic E-state index is -0.411. The van der Waals surface area contributed by atoms with Gasteiger partial charge in [-0.3, -0.25) is 9.69 Å². The molecule has 5 rings (SSSR count). The summed E-state index contributed by atoms with van der Waals surface area (Å²) in [5, 5.41) is 9.09. The fourth-order valence-corrected chi connectivity index (χ4v) is 6.50. The van der Waals surface area contributed by atoms with Gasteiger partial charge in [0.15, 0.2) is 0 Å². The number of rotatable bonds is 5.